The molecule has 4 nitrogen and oxygen atoms in total. The molecular formula is C15H17ClN4S. The lowest BCUT2D eigenvalue weighted by Gasteiger charge is -2.05. The van der Waals surface area contributed by atoms with Crippen molar-refractivity contribution in [3.63, 3.8) is 0 Å². The first-order valence-electron chi connectivity index (χ1n) is 6.93. The van der Waals surface area contributed by atoms with Gasteiger partial charge in [-0.3, -0.25) is 4.68 Å². The summed E-state index contributed by atoms with van der Waals surface area (Å²) in [6.45, 7) is 5.91. The quantitative estimate of drug-likeness (QED) is 0.714. The standard InChI is InChI=1S/C15H17ClN4S/c1-10-8-11(2)20(19-10)7-3-6-17-15-18-13-9-12(16)4-5-14(13)21-15/h4-5,8-9H,3,6-7H2,1-2H3,(H,17,18). The number of nitrogens with one attached hydrogen (secondary N) is 1. The number of halogens is 1. The average molecular weight is 321 g/mol. The van der Waals surface area contributed by atoms with E-state index in [1.54, 1.807) is 11.3 Å². The third-order valence-electron chi connectivity index (χ3n) is 3.28. The number of fused-ring (bicyclic) bond motifs is 1. The summed E-state index contributed by atoms with van der Waals surface area (Å²) < 4.78 is 3.20. The van der Waals surface area contributed by atoms with Gasteiger partial charge in [0, 0.05) is 23.8 Å². The van der Waals surface area contributed by atoms with Gasteiger partial charge in [-0.2, -0.15) is 5.10 Å². The van der Waals surface area contributed by atoms with Crippen LogP contribution in [0.15, 0.2) is 24.3 Å². The number of benzene rings is 1. The van der Waals surface area contributed by atoms with Gasteiger partial charge in [-0.05, 0) is 44.5 Å². The highest BCUT2D eigenvalue weighted by Gasteiger charge is 2.04. The minimum absolute atomic E-state index is 0.726. The van der Waals surface area contributed by atoms with Crippen LogP contribution >= 0.6 is 22.9 Å². The van der Waals surface area contributed by atoms with Crippen LogP contribution in [0.2, 0.25) is 5.02 Å². The summed E-state index contributed by atoms with van der Waals surface area (Å²) >= 11 is 7.63. The van der Waals surface area contributed by atoms with E-state index in [-0.39, 0.29) is 0 Å². The summed E-state index contributed by atoms with van der Waals surface area (Å²) in [7, 11) is 0. The van der Waals surface area contributed by atoms with E-state index in [0.29, 0.717) is 0 Å². The maximum atomic E-state index is 5.97. The fraction of sp³-hybridized carbons (Fsp3) is 0.333. The largest absolute Gasteiger partial charge is 0.361 e. The van der Waals surface area contributed by atoms with Crippen molar-refractivity contribution in [3.8, 4) is 0 Å². The zero-order chi connectivity index (χ0) is 14.8. The van der Waals surface area contributed by atoms with Crippen LogP contribution in [0.4, 0.5) is 5.13 Å². The first-order chi connectivity index (χ1) is 10.1. The van der Waals surface area contributed by atoms with E-state index in [1.807, 2.05) is 25.1 Å². The van der Waals surface area contributed by atoms with E-state index < -0.39 is 0 Å². The lowest BCUT2D eigenvalue weighted by atomic mass is 10.3. The molecule has 0 fully saturated rings. The molecule has 21 heavy (non-hydrogen) atoms. The highest BCUT2D eigenvalue weighted by molar-refractivity contribution is 7.22. The third kappa shape index (κ3) is 3.36. The van der Waals surface area contributed by atoms with Crippen molar-refractivity contribution in [1.82, 2.24) is 14.8 Å². The molecule has 6 heteroatoms. The number of rotatable bonds is 5. The molecule has 0 aliphatic rings. The van der Waals surface area contributed by atoms with E-state index >= 15 is 0 Å². The summed E-state index contributed by atoms with van der Waals surface area (Å²) in [5, 5.41) is 9.50. The van der Waals surface area contributed by atoms with Gasteiger partial charge in [0.1, 0.15) is 0 Å². The van der Waals surface area contributed by atoms with Crippen LogP contribution in [-0.2, 0) is 6.54 Å². The molecule has 3 rings (SSSR count). The van der Waals surface area contributed by atoms with Crippen molar-refractivity contribution in [2.75, 3.05) is 11.9 Å². The number of thiazole rings is 1. The molecule has 0 spiro atoms. The second-order valence-corrected chi connectivity index (χ2v) is 6.53. The maximum absolute atomic E-state index is 5.97. The summed E-state index contributed by atoms with van der Waals surface area (Å²) in [6.07, 6.45) is 1.01. The Morgan fingerprint density at radius 1 is 1.29 bits per heavy atom. The van der Waals surface area contributed by atoms with E-state index in [9.17, 15) is 0 Å². The van der Waals surface area contributed by atoms with Crippen LogP contribution in [-0.4, -0.2) is 21.3 Å². The van der Waals surface area contributed by atoms with E-state index in [4.69, 9.17) is 11.6 Å². The van der Waals surface area contributed by atoms with Gasteiger partial charge in [0.2, 0.25) is 0 Å². The number of hydrogen-bond acceptors (Lipinski definition) is 4. The Hall–Kier alpha value is -1.59. The number of hydrogen-bond donors (Lipinski definition) is 1. The van der Waals surface area contributed by atoms with Crippen molar-refractivity contribution in [2.24, 2.45) is 0 Å². The lowest BCUT2D eigenvalue weighted by molar-refractivity contribution is 0.573. The molecule has 2 heterocycles. The highest BCUT2D eigenvalue weighted by Crippen LogP contribution is 2.27. The van der Waals surface area contributed by atoms with Crippen molar-refractivity contribution < 1.29 is 0 Å². The lowest BCUT2D eigenvalue weighted by Crippen LogP contribution is -2.08. The first kappa shape index (κ1) is 14.4. The molecule has 1 aromatic carbocycles. The summed E-state index contributed by atoms with van der Waals surface area (Å²) in [4.78, 5) is 4.54. The van der Waals surface area contributed by atoms with Gasteiger partial charge >= 0.3 is 0 Å². The number of aromatic nitrogens is 3. The van der Waals surface area contributed by atoms with Gasteiger partial charge in [-0.25, -0.2) is 4.98 Å². The Kier molecular flexibility index (Phi) is 4.12. The van der Waals surface area contributed by atoms with Gasteiger partial charge in [0.25, 0.3) is 0 Å². The monoisotopic (exact) mass is 320 g/mol. The van der Waals surface area contributed by atoms with Gasteiger partial charge < -0.3 is 5.32 Å². The van der Waals surface area contributed by atoms with E-state index in [0.717, 1.165) is 45.6 Å². The smallest absolute Gasteiger partial charge is 0.183 e. The summed E-state index contributed by atoms with van der Waals surface area (Å²) in [6, 6.07) is 7.91. The molecule has 1 N–H and O–H groups in total. The van der Waals surface area contributed by atoms with Gasteiger partial charge in [-0.1, -0.05) is 22.9 Å². The molecule has 110 valence electrons. The van der Waals surface area contributed by atoms with Gasteiger partial charge in [0.15, 0.2) is 5.13 Å². The van der Waals surface area contributed by atoms with Crippen LogP contribution in [0.5, 0.6) is 0 Å². The zero-order valence-electron chi connectivity index (χ0n) is 12.1. The Morgan fingerprint density at radius 3 is 2.90 bits per heavy atom. The Bertz CT molecular complexity index is 762. The molecule has 0 saturated heterocycles. The maximum Gasteiger partial charge on any atom is 0.183 e. The fourth-order valence-corrected chi connectivity index (χ4v) is 3.34. The third-order valence-corrected chi connectivity index (χ3v) is 4.51. The van der Waals surface area contributed by atoms with Crippen LogP contribution in [0.1, 0.15) is 17.8 Å². The van der Waals surface area contributed by atoms with Crippen LogP contribution in [0.3, 0.4) is 0 Å². The van der Waals surface area contributed by atoms with Crippen molar-refractivity contribution in [3.05, 3.63) is 40.7 Å². The molecule has 0 amide bonds. The SMILES string of the molecule is Cc1cc(C)n(CCCNc2nc3cc(Cl)ccc3s2)n1. The minimum atomic E-state index is 0.726. The summed E-state index contributed by atoms with van der Waals surface area (Å²) in [5.41, 5.74) is 3.24. The number of aryl methyl sites for hydroxylation is 3. The summed E-state index contributed by atoms with van der Waals surface area (Å²) in [5.74, 6) is 0. The molecule has 3 aromatic rings. The van der Waals surface area contributed by atoms with Crippen LogP contribution < -0.4 is 5.32 Å². The Labute approximate surface area is 132 Å². The van der Waals surface area contributed by atoms with E-state index in [2.05, 4.69) is 33.1 Å². The Balaban J connectivity index is 1.55. The van der Waals surface area contributed by atoms with Gasteiger partial charge in [0.05, 0.1) is 15.9 Å². The minimum Gasteiger partial charge on any atom is -0.361 e. The molecule has 0 saturated carbocycles. The van der Waals surface area contributed by atoms with Crippen LogP contribution in [0.25, 0.3) is 10.2 Å². The van der Waals surface area contributed by atoms with E-state index in [1.165, 1.54) is 5.69 Å². The molecule has 0 radical (unpaired) electrons. The molecule has 0 unspecified atom stereocenters. The fourth-order valence-electron chi connectivity index (χ4n) is 2.30. The molecule has 0 atom stereocenters. The highest BCUT2D eigenvalue weighted by atomic mass is 35.5. The molecule has 2 aromatic heterocycles. The second-order valence-electron chi connectivity index (χ2n) is 5.06. The van der Waals surface area contributed by atoms with Crippen LogP contribution in [0, 0.1) is 13.8 Å². The number of nitrogens with zero attached hydrogens (tertiary/aromatic N) is 3. The predicted molar refractivity (Wildman–Crippen MR) is 89.4 cm³/mol. The molecule has 0 bridgehead atoms. The second kappa shape index (κ2) is 6.03. The topological polar surface area (TPSA) is 42.7 Å². The normalized spacial score (nSPS) is 11.2. The van der Waals surface area contributed by atoms with Crippen molar-refractivity contribution in [2.45, 2.75) is 26.8 Å². The van der Waals surface area contributed by atoms with Gasteiger partial charge in [-0.15, -0.1) is 0 Å². The van der Waals surface area contributed by atoms with Crippen molar-refractivity contribution >= 4 is 38.3 Å². The Morgan fingerprint density at radius 2 is 2.14 bits per heavy atom. The molecule has 0 aliphatic heterocycles. The molecule has 0 aliphatic carbocycles. The average Bonchev–Trinajstić information content (AvgIpc) is 2.97. The zero-order valence-corrected chi connectivity index (χ0v) is 13.6. The number of anilines is 1. The molecular weight excluding hydrogens is 304 g/mol. The first-order valence-corrected chi connectivity index (χ1v) is 8.12. The van der Waals surface area contributed by atoms with Crippen molar-refractivity contribution in [1.29, 1.82) is 0 Å². The predicted octanol–water partition coefficient (Wildman–Crippen LogP) is 4.27.